The summed E-state index contributed by atoms with van der Waals surface area (Å²) in [7, 11) is 1.73. The first-order valence-corrected chi connectivity index (χ1v) is 7.49. The summed E-state index contributed by atoms with van der Waals surface area (Å²) in [5.41, 5.74) is 2.42. The zero-order valence-corrected chi connectivity index (χ0v) is 13.6. The molecule has 0 aromatic carbocycles. The Kier molecular flexibility index (Phi) is 6.69. The summed E-state index contributed by atoms with van der Waals surface area (Å²) >= 11 is 0. The quantitative estimate of drug-likeness (QED) is 0.855. The van der Waals surface area contributed by atoms with Gasteiger partial charge in [0.1, 0.15) is 5.60 Å². The van der Waals surface area contributed by atoms with Crippen molar-refractivity contribution >= 4 is 6.09 Å². The lowest BCUT2D eigenvalue weighted by atomic mass is 10.2. The highest BCUT2D eigenvalue weighted by atomic mass is 16.6. The van der Waals surface area contributed by atoms with Crippen LogP contribution in [0.3, 0.4) is 0 Å². The molecule has 0 aromatic heterocycles. The molecule has 4 heteroatoms. The lowest BCUT2D eigenvalue weighted by Gasteiger charge is -2.24. The lowest BCUT2D eigenvalue weighted by Crippen LogP contribution is -2.34. The van der Waals surface area contributed by atoms with Crippen LogP contribution >= 0.6 is 0 Å². The molecule has 2 aliphatic carbocycles. The van der Waals surface area contributed by atoms with Crippen molar-refractivity contribution in [1.29, 1.82) is 0 Å². The number of carbonyl (C=O) groups excluding carboxylic acids is 1. The fourth-order valence-electron chi connectivity index (χ4n) is 1.74. The molecule has 0 unspecified atom stereocenters. The number of fused-ring (bicyclic) bond motifs is 1. The van der Waals surface area contributed by atoms with Crippen molar-refractivity contribution in [3.8, 4) is 11.1 Å². The highest BCUT2D eigenvalue weighted by molar-refractivity contribution is 5.80. The normalized spacial score (nSPS) is 11.3. The van der Waals surface area contributed by atoms with E-state index in [1.165, 1.54) is 11.1 Å². The number of unbranched alkanes of at least 4 members (excludes halogenated alkanes) is 2. The van der Waals surface area contributed by atoms with Gasteiger partial charge in [0.05, 0.1) is 0 Å². The molecule has 0 spiro atoms. The largest absolute Gasteiger partial charge is 0.444 e. The van der Waals surface area contributed by atoms with Gasteiger partial charge in [-0.3, -0.25) is 0 Å². The van der Waals surface area contributed by atoms with Crippen molar-refractivity contribution in [3.63, 3.8) is 0 Å². The van der Waals surface area contributed by atoms with Gasteiger partial charge < -0.3 is 14.7 Å². The molecule has 2 aliphatic rings. The smallest absolute Gasteiger partial charge is 0.410 e. The van der Waals surface area contributed by atoms with Crippen LogP contribution in [0.1, 0.15) is 40.0 Å². The maximum atomic E-state index is 11.5. The first-order chi connectivity index (χ1) is 9.83. The van der Waals surface area contributed by atoms with E-state index in [4.69, 9.17) is 9.84 Å². The van der Waals surface area contributed by atoms with E-state index in [-0.39, 0.29) is 12.7 Å². The number of benzene rings is 1. The minimum atomic E-state index is -0.434. The van der Waals surface area contributed by atoms with Crippen LogP contribution in [-0.4, -0.2) is 41.9 Å². The van der Waals surface area contributed by atoms with Crippen molar-refractivity contribution in [2.75, 3.05) is 20.2 Å². The summed E-state index contributed by atoms with van der Waals surface area (Å²) in [6.45, 7) is 6.45. The second-order valence-corrected chi connectivity index (χ2v) is 6.27. The molecule has 0 aromatic rings. The summed E-state index contributed by atoms with van der Waals surface area (Å²) < 4.78 is 5.19. The SMILES string of the molecule is CN(CCCCCO)C(=O)OC(C)(C)C.c1cc2cc-2c1. The fourth-order valence-corrected chi connectivity index (χ4v) is 1.74. The van der Waals surface area contributed by atoms with Crippen LogP contribution in [0, 0.1) is 0 Å². The second-order valence-electron chi connectivity index (χ2n) is 6.27. The monoisotopic (exact) mass is 293 g/mol. The summed E-state index contributed by atoms with van der Waals surface area (Å²) in [4.78, 5) is 13.0. The van der Waals surface area contributed by atoms with E-state index in [0.29, 0.717) is 6.54 Å². The fraction of sp³-hybridized carbons (Fsp3) is 0.588. The molecule has 0 heterocycles. The Morgan fingerprint density at radius 3 is 2.19 bits per heavy atom. The Hall–Kier alpha value is -1.55. The zero-order chi connectivity index (χ0) is 15.9. The minimum Gasteiger partial charge on any atom is -0.444 e. The number of nitrogens with zero attached hydrogens (tertiary/aromatic N) is 1. The first kappa shape index (κ1) is 17.5. The van der Waals surface area contributed by atoms with Crippen LogP contribution in [0.15, 0.2) is 24.3 Å². The Balaban J connectivity index is 0.000000294. The van der Waals surface area contributed by atoms with E-state index in [1.54, 1.807) is 11.9 Å². The number of amides is 1. The number of hydrogen-bond acceptors (Lipinski definition) is 3. The average Bonchev–Trinajstić information content (AvgIpc) is 3.00. The zero-order valence-electron chi connectivity index (χ0n) is 13.6. The molecular formula is C17H27NO3. The van der Waals surface area contributed by atoms with Crippen LogP contribution in [0.25, 0.3) is 11.1 Å². The predicted octanol–water partition coefficient (Wildman–Crippen LogP) is 3.68. The molecule has 0 aliphatic heterocycles. The van der Waals surface area contributed by atoms with Crippen LogP contribution in [0.4, 0.5) is 4.79 Å². The van der Waals surface area contributed by atoms with Gasteiger partial charge in [0.25, 0.3) is 0 Å². The number of rotatable bonds is 5. The Morgan fingerprint density at radius 1 is 1.19 bits per heavy atom. The van der Waals surface area contributed by atoms with Gasteiger partial charge in [-0.15, -0.1) is 0 Å². The van der Waals surface area contributed by atoms with E-state index in [9.17, 15) is 4.79 Å². The molecule has 21 heavy (non-hydrogen) atoms. The number of hydrogen-bond donors (Lipinski definition) is 1. The lowest BCUT2D eigenvalue weighted by molar-refractivity contribution is 0.0296. The molecule has 0 bridgehead atoms. The third kappa shape index (κ3) is 7.71. The van der Waals surface area contributed by atoms with E-state index < -0.39 is 5.60 Å². The molecular weight excluding hydrogens is 266 g/mol. The average molecular weight is 293 g/mol. The molecule has 0 atom stereocenters. The summed E-state index contributed by atoms with van der Waals surface area (Å²) in [6, 6.07) is 8.48. The number of ether oxygens (including phenoxy) is 1. The third-order valence-corrected chi connectivity index (χ3v) is 2.97. The van der Waals surface area contributed by atoms with Gasteiger partial charge in [-0.05, 0) is 57.2 Å². The van der Waals surface area contributed by atoms with Crippen LogP contribution < -0.4 is 0 Å². The van der Waals surface area contributed by atoms with Gasteiger partial charge in [-0.25, -0.2) is 4.79 Å². The van der Waals surface area contributed by atoms with Gasteiger partial charge >= 0.3 is 6.09 Å². The van der Waals surface area contributed by atoms with E-state index in [0.717, 1.165) is 19.3 Å². The number of carbonyl (C=O) groups is 1. The van der Waals surface area contributed by atoms with Crippen molar-refractivity contribution < 1.29 is 14.6 Å². The molecule has 4 nitrogen and oxygen atoms in total. The van der Waals surface area contributed by atoms with Crippen LogP contribution in [0.2, 0.25) is 0 Å². The predicted molar refractivity (Wildman–Crippen MR) is 85.2 cm³/mol. The summed E-state index contributed by atoms with van der Waals surface area (Å²) in [5.74, 6) is 0. The van der Waals surface area contributed by atoms with Crippen LogP contribution in [-0.2, 0) is 4.74 Å². The molecule has 1 N–H and O–H groups in total. The van der Waals surface area contributed by atoms with Gasteiger partial charge in [0.15, 0.2) is 0 Å². The molecule has 2 rings (SSSR count). The first-order valence-electron chi connectivity index (χ1n) is 7.49. The van der Waals surface area contributed by atoms with Gasteiger partial charge in [0, 0.05) is 20.2 Å². The summed E-state index contributed by atoms with van der Waals surface area (Å²) in [5, 5.41) is 8.59. The molecule has 0 fully saturated rings. The standard InChI is InChI=1S/C11H23NO3.C6H4/c1-11(2,3)15-10(14)12(4)8-6-5-7-9-13;1-2-5-4-6(5)3-1/h13H,5-9H2,1-4H3;1-4H. The molecule has 118 valence electrons. The third-order valence-electron chi connectivity index (χ3n) is 2.97. The highest BCUT2D eigenvalue weighted by Gasteiger charge is 2.18. The molecule has 1 amide bonds. The van der Waals surface area contributed by atoms with E-state index in [1.807, 2.05) is 20.8 Å². The summed E-state index contributed by atoms with van der Waals surface area (Å²) in [6.07, 6.45) is 2.34. The van der Waals surface area contributed by atoms with Gasteiger partial charge in [-0.1, -0.05) is 18.2 Å². The van der Waals surface area contributed by atoms with E-state index in [2.05, 4.69) is 24.3 Å². The van der Waals surface area contributed by atoms with Crippen molar-refractivity contribution in [3.05, 3.63) is 24.3 Å². The Bertz CT molecular complexity index is 434. The Morgan fingerprint density at radius 2 is 1.81 bits per heavy atom. The number of aliphatic hydroxyl groups is 1. The van der Waals surface area contributed by atoms with E-state index >= 15 is 0 Å². The highest BCUT2D eigenvalue weighted by Crippen LogP contribution is 2.32. The minimum absolute atomic E-state index is 0.218. The molecule has 0 saturated heterocycles. The van der Waals surface area contributed by atoms with Gasteiger partial charge in [-0.2, -0.15) is 0 Å². The van der Waals surface area contributed by atoms with Crippen LogP contribution in [0.5, 0.6) is 0 Å². The van der Waals surface area contributed by atoms with Crippen molar-refractivity contribution in [2.24, 2.45) is 0 Å². The molecule has 0 saturated carbocycles. The van der Waals surface area contributed by atoms with Crippen molar-refractivity contribution in [1.82, 2.24) is 4.90 Å². The topological polar surface area (TPSA) is 49.8 Å². The van der Waals surface area contributed by atoms with Crippen molar-refractivity contribution in [2.45, 2.75) is 45.6 Å². The number of aliphatic hydroxyl groups excluding tert-OH is 1. The Labute approximate surface area is 127 Å². The maximum Gasteiger partial charge on any atom is 0.410 e. The molecule has 0 radical (unpaired) electrons. The maximum absolute atomic E-state index is 11.5. The van der Waals surface area contributed by atoms with Gasteiger partial charge in [0.2, 0.25) is 0 Å². The second kappa shape index (κ2) is 8.03.